The first-order valence-electron chi connectivity index (χ1n) is 14.8. The number of H-pyrrole nitrogens is 1. The standard InChI is InChI=1S/C29H49ClN4O2/c1-4-6-8-10-12-14-17-23(18-15-13-11-9-7-5-2)21-36-29(35)25-20-16-19-24(25)27-31-28-26(30)22(3)32-34(28)33-27/h23-25,32H,4-21H2,1-3H3. The maximum atomic E-state index is 13.2. The lowest BCUT2D eigenvalue weighted by Crippen LogP contribution is -2.24. The van der Waals surface area contributed by atoms with Crippen LogP contribution < -0.4 is 0 Å². The molecule has 36 heavy (non-hydrogen) atoms. The summed E-state index contributed by atoms with van der Waals surface area (Å²) in [5.41, 5.74) is 1.49. The van der Waals surface area contributed by atoms with E-state index in [-0.39, 0.29) is 17.8 Å². The number of halogens is 1. The van der Waals surface area contributed by atoms with Crippen LogP contribution in [0.1, 0.15) is 140 Å². The predicted octanol–water partition coefficient (Wildman–Crippen LogP) is 8.56. The molecular weight excluding hydrogens is 472 g/mol. The highest BCUT2D eigenvalue weighted by Crippen LogP contribution is 2.39. The number of hydrogen-bond donors (Lipinski definition) is 1. The van der Waals surface area contributed by atoms with Crippen molar-refractivity contribution in [1.82, 2.24) is 19.8 Å². The van der Waals surface area contributed by atoms with E-state index in [0.29, 0.717) is 29.0 Å². The molecule has 1 fully saturated rings. The van der Waals surface area contributed by atoms with Gasteiger partial charge in [0.25, 0.3) is 0 Å². The lowest BCUT2D eigenvalue weighted by Gasteiger charge is -2.20. The van der Waals surface area contributed by atoms with Crippen molar-refractivity contribution in [3.8, 4) is 0 Å². The van der Waals surface area contributed by atoms with Crippen LogP contribution in [0.15, 0.2) is 0 Å². The first-order valence-corrected chi connectivity index (χ1v) is 15.2. The highest BCUT2D eigenvalue weighted by atomic mass is 35.5. The Hall–Kier alpha value is -1.56. The Morgan fingerprint density at radius 3 is 2.22 bits per heavy atom. The second-order valence-corrected chi connectivity index (χ2v) is 11.4. The van der Waals surface area contributed by atoms with Crippen LogP contribution in [0, 0.1) is 18.8 Å². The molecule has 1 saturated carbocycles. The second kappa shape index (κ2) is 15.6. The number of fused-ring (bicyclic) bond motifs is 1. The van der Waals surface area contributed by atoms with Gasteiger partial charge in [0.1, 0.15) is 5.02 Å². The Kier molecular flexibility index (Phi) is 12.6. The summed E-state index contributed by atoms with van der Waals surface area (Å²) in [6, 6.07) is 0. The molecule has 6 nitrogen and oxygen atoms in total. The van der Waals surface area contributed by atoms with Crippen LogP contribution in [0.5, 0.6) is 0 Å². The van der Waals surface area contributed by atoms with E-state index in [1.165, 1.54) is 89.9 Å². The summed E-state index contributed by atoms with van der Waals surface area (Å²) in [7, 11) is 0. The number of hydrogen-bond acceptors (Lipinski definition) is 4. The van der Waals surface area contributed by atoms with Gasteiger partial charge in [-0.1, -0.05) is 109 Å². The number of aromatic nitrogens is 4. The molecule has 0 radical (unpaired) electrons. The average molecular weight is 521 g/mol. The lowest BCUT2D eigenvalue weighted by atomic mass is 9.94. The fourth-order valence-corrected chi connectivity index (χ4v) is 5.84. The molecule has 1 aliphatic carbocycles. The molecule has 0 aromatic carbocycles. The Bertz CT molecular complexity index is 893. The van der Waals surface area contributed by atoms with E-state index in [9.17, 15) is 4.79 Å². The number of esters is 1. The molecule has 2 aromatic heterocycles. The molecule has 7 heteroatoms. The van der Waals surface area contributed by atoms with Gasteiger partial charge in [-0.15, -0.1) is 5.10 Å². The molecule has 3 rings (SSSR count). The predicted molar refractivity (Wildman–Crippen MR) is 148 cm³/mol. The fourth-order valence-electron chi connectivity index (χ4n) is 5.68. The SMILES string of the molecule is CCCCCCCCC(CCCCCCCC)COC(=O)C1CCCC1c1nc2c(Cl)c(C)[nH]n2n1. The maximum absolute atomic E-state index is 13.2. The van der Waals surface area contributed by atoms with E-state index in [4.69, 9.17) is 16.3 Å². The summed E-state index contributed by atoms with van der Waals surface area (Å²) in [6.07, 6.45) is 20.8. The van der Waals surface area contributed by atoms with E-state index >= 15 is 0 Å². The lowest BCUT2D eigenvalue weighted by molar-refractivity contribution is -0.150. The first-order chi connectivity index (χ1) is 17.5. The highest BCUT2D eigenvalue weighted by molar-refractivity contribution is 6.34. The zero-order chi connectivity index (χ0) is 25.8. The zero-order valence-electron chi connectivity index (χ0n) is 23.0. The second-order valence-electron chi connectivity index (χ2n) is 11.0. The zero-order valence-corrected chi connectivity index (χ0v) is 23.8. The maximum Gasteiger partial charge on any atom is 0.309 e. The third kappa shape index (κ3) is 8.49. The van der Waals surface area contributed by atoms with Crippen molar-refractivity contribution in [2.24, 2.45) is 11.8 Å². The van der Waals surface area contributed by atoms with Gasteiger partial charge < -0.3 is 4.74 Å². The molecule has 2 atom stereocenters. The van der Waals surface area contributed by atoms with Crippen molar-refractivity contribution < 1.29 is 9.53 Å². The van der Waals surface area contributed by atoms with Gasteiger partial charge in [0.05, 0.1) is 18.2 Å². The van der Waals surface area contributed by atoms with Crippen LogP contribution in [0.2, 0.25) is 5.02 Å². The number of carbonyl (C=O) groups excluding carboxylic acids is 1. The molecule has 2 unspecified atom stereocenters. The molecule has 1 aliphatic rings. The van der Waals surface area contributed by atoms with Gasteiger partial charge >= 0.3 is 5.97 Å². The van der Waals surface area contributed by atoms with Gasteiger partial charge in [0, 0.05) is 5.92 Å². The van der Waals surface area contributed by atoms with Crippen LogP contribution in [-0.4, -0.2) is 32.4 Å². The van der Waals surface area contributed by atoms with Gasteiger partial charge in [0.15, 0.2) is 11.5 Å². The van der Waals surface area contributed by atoms with E-state index in [1.807, 2.05) is 6.92 Å². The van der Waals surface area contributed by atoms with Gasteiger partial charge in [0.2, 0.25) is 0 Å². The third-order valence-corrected chi connectivity index (χ3v) is 8.42. The first kappa shape index (κ1) is 29.0. The van der Waals surface area contributed by atoms with Crippen LogP contribution in [0.25, 0.3) is 5.65 Å². The number of aryl methyl sites for hydroxylation is 1. The third-order valence-electron chi connectivity index (χ3n) is 7.97. The number of rotatable bonds is 18. The van der Waals surface area contributed by atoms with Crippen molar-refractivity contribution >= 4 is 23.2 Å². The minimum Gasteiger partial charge on any atom is -0.465 e. The average Bonchev–Trinajstić information content (AvgIpc) is 3.58. The van der Waals surface area contributed by atoms with Crippen LogP contribution in [0.4, 0.5) is 0 Å². The van der Waals surface area contributed by atoms with Crippen molar-refractivity contribution in [2.45, 2.75) is 136 Å². The molecule has 0 saturated heterocycles. The number of nitrogens with one attached hydrogen (secondary N) is 1. The Morgan fingerprint density at radius 2 is 1.61 bits per heavy atom. The van der Waals surface area contributed by atoms with Crippen molar-refractivity contribution in [1.29, 1.82) is 0 Å². The van der Waals surface area contributed by atoms with E-state index < -0.39 is 0 Å². The van der Waals surface area contributed by atoms with Crippen LogP contribution >= 0.6 is 11.6 Å². The molecule has 1 N–H and O–H groups in total. The topological polar surface area (TPSA) is 72.3 Å². The smallest absolute Gasteiger partial charge is 0.309 e. The number of nitrogens with zero attached hydrogens (tertiary/aromatic N) is 3. The fraction of sp³-hybridized carbons (Fsp3) is 0.828. The molecule has 2 heterocycles. The molecule has 0 amide bonds. The number of carbonyl (C=O) groups is 1. The minimum atomic E-state index is -0.152. The molecule has 0 aliphatic heterocycles. The largest absolute Gasteiger partial charge is 0.465 e. The van der Waals surface area contributed by atoms with Gasteiger partial charge in [-0.3, -0.25) is 9.89 Å². The summed E-state index contributed by atoms with van der Waals surface area (Å²) in [6.45, 7) is 6.99. The van der Waals surface area contributed by atoms with Crippen LogP contribution in [-0.2, 0) is 9.53 Å². The number of aromatic amines is 1. The van der Waals surface area contributed by atoms with Crippen molar-refractivity contribution in [3.05, 3.63) is 16.5 Å². The van der Waals surface area contributed by atoms with Crippen LogP contribution in [0.3, 0.4) is 0 Å². The number of ether oxygens (including phenoxy) is 1. The number of unbranched alkanes of at least 4 members (excludes halogenated alkanes) is 10. The molecule has 2 aromatic rings. The van der Waals surface area contributed by atoms with Gasteiger partial charge in [-0.05, 0) is 38.5 Å². The monoisotopic (exact) mass is 520 g/mol. The summed E-state index contributed by atoms with van der Waals surface area (Å²) >= 11 is 6.35. The van der Waals surface area contributed by atoms with Gasteiger partial charge in [-0.25, -0.2) is 4.98 Å². The van der Waals surface area contributed by atoms with E-state index in [2.05, 4.69) is 29.0 Å². The Balaban J connectivity index is 1.50. The highest BCUT2D eigenvalue weighted by Gasteiger charge is 2.38. The summed E-state index contributed by atoms with van der Waals surface area (Å²) < 4.78 is 7.62. The molecular formula is C29H49ClN4O2. The summed E-state index contributed by atoms with van der Waals surface area (Å²) in [4.78, 5) is 17.9. The van der Waals surface area contributed by atoms with Crippen molar-refractivity contribution in [2.75, 3.05) is 6.61 Å². The molecule has 0 bridgehead atoms. The normalized spacial score (nSPS) is 18.0. The molecule has 204 valence electrons. The Labute approximate surface area is 223 Å². The van der Waals surface area contributed by atoms with Gasteiger partial charge in [-0.2, -0.15) is 4.63 Å². The quantitative estimate of drug-likeness (QED) is 0.158. The Morgan fingerprint density at radius 1 is 1.00 bits per heavy atom. The molecule has 0 spiro atoms. The minimum absolute atomic E-state index is 0.0118. The van der Waals surface area contributed by atoms with E-state index in [1.54, 1.807) is 4.63 Å². The summed E-state index contributed by atoms with van der Waals surface area (Å²) in [5, 5.41) is 8.32. The summed E-state index contributed by atoms with van der Waals surface area (Å²) in [5.74, 6) is 0.989. The van der Waals surface area contributed by atoms with Crippen molar-refractivity contribution in [3.63, 3.8) is 0 Å². The van der Waals surface area contributed by atoms with E-state index in [0.717, 1.165) is 25.0 Å².